The number of methoxy groups -OCH3 is 1. The highest BCUT2D eigenvalue weighted by atomic mass is 16.5. The molecule has 0 aromatic heterocycles. The Hall–Kier alpha value is -0.610. The second-order valence-corrected chi connectivity index (χ2v) is 5.12. The van der Waals surface area contributed by atoms with Gasteiger partial charge in [-0.05, 0) is 38.5 Å². The molecule has 2 aliphatic rings. The summed E-state index contributed by atoms with van der Waals surface area (Å²) >= 11 is 0. The molecule has 2 fully saturated rings. The van der Waals surface area contributed by atoms with E-state index in [9.17, 15) is 4.79 Å². The lowest BCUT2D eigenvalue weighted by Crippen LogP contribution is -2.47. The van der Waals surface area contributed by atoms with Gasteiger partial charge in [0.25, 0.3) is 0 Å². The van der Waals surface area contributed by atoms with Gasteiger partial charge in [-0.15, -0.1) is 0 Å². The van der Waals surface area contributed by atoms with E-state index in [0.29, 0.717) is 5.92 Å². The van der Waals surface area contributed by atoms with Crippen molar-refractivity contribution >= 4 is 5.97 Å². The highest BCUT2D eigenvalue weighted by Crippen LogP contribution is 2.34. The maximum atomic E-state index is 11.6. The fraction of sp³-hybridized carbons (Fsp3) is 0.917. The summed E-state index contributed by atoms with van der Waals surface area (Å²) in [6.07, 6.45) is 4.44. The van der Waals surface area contributed by atoms with Crippen molar-refractivity contribution in [3.05, 3.63) is 0 Å². The average molecular weight is 227 g/mol. The van der Waals surface area contributed by atoms with Crippen LogP contribution in [0.25, 0.3) is 0 Å². The van der Waals surface area contributed by atoms with Gasteiger partial charge in [0.2, 0.25) is 0 Å². The monoisotopic (exact) mass is 227 g/mol. The zero-order valence-electron chi connectivity index (χ0n) is 10.1. The molecule has 0 aromatic carbocycles. The third-order valence-corrected chi connectivity index (χ3v) is 3.54. The van der Waals surface area contributed by atoms with Crippen LogP contribution in [0.15, 0.2) is 0 Å². The molecule has 1 aliphatic carbocycles. The number of nitrogens with one attached hydrogen (secondary N) is 1. The van der Waals surface area contributed by atoms with Crippen molar-refractivity contribution in [2.45, 2.75) is 44.2 Å². The highest BCUT2D eigenvalue weighted by molar-refractivity contribution is 5.76. The number of hydrogen-bond acceptors (Lipinski definition) is 4. The predicted molar refractivity (Wildman–Crippen MR) is 60.1 cm³/mol. The van der Waals surface area contributed by atoms with Gasteiger partial charge in [0.1, 0.15) is 6.04 Å². The van der Waals surface area contributed by atoms with Gasteiger partial charge in [0, 0.05) is 13.2 Å². The van der Waals surface area contributed by atoms with Crippen molar-refractivity contribution in [2.75, 3.05) is 20.3 Å². The maximum absolute atomic E-state index is 11.6. The molecule has 2 unspecified atom stereocenters. The average Bonchev–Trinajstić information content (AvgIpc) is 3.01. The van der Waals surface area contributed by atoms with Crippen LogP contribution in [0, 0.1) is 5.92 Å². The van der Waals surface area contributed by atoms with E-state index in [-0.39, 0.29) is 17.6 Å². The Labute approximate surface area is 96.7 Å². The van der Waals surface area contributed by atoms with Gasteiger partial charge in [-0.25, -0.2) is 0 Å². The van der Waals surface area contributed by atoms with Gasteiger partial charge < -0.3 is 14.8 Å². The van der Waals surface area contributed by atoms with Gasteiger partial charge in [-0.1, -0.05) is 0 Å². The van der Waals surface area contributed by atoms with Crippen molar-refractivity contribution in [2.24, 2.45) is 5.92 Å². The standard InChI is InChI=1S/C12H21NO3/c1-12(6-3-7-16-12)8-13-10(9-4-5-9)11(14)15-2/h9-10,13H,3-8H2,1-2H3. The number of carbonyl (C=O) groups is 1. The lowest BCUT2D eigenvalue weighted by atomic mass is 10.0. The maximum Gasteiger partial charge on any atom is 0.323 e. The minimum absolute atomic E-state index is 0.0961. The van der Waals surface area contributed by atoms with Crippen LogP contribution in [0.1, 0.15) is 32.6 Å². The minimum Gasteiger partial charge on any atom is -0.468 e. The van der Waals surface area contributed by atoms with Crippen molar-refractivity contribution in [1.82, 2.24) is 5.32 Å². The van der Waals surface area contributed by atoms with Crippen LogP contribution in [-0.2, 0) is 14.3 Å². The first kappa shape index (κ1) is 11.9. The summed E-state index contributed by atoms with van der Waals surface area (Å²) in [7, 11) is 1.45. The summed E-state index contributed by atoms with van der Waals surface area (Å²) in [5, 5.41) is 3.32. The second-order valence-electron chi connectivity index (χ2n) is 5.12. The largest absolute Gasteiger partial charge is 0.468 e. The van der Waals surface area contributed by atoms with E-state index in [1.807, 2.05) is 0 Å². The van der Waals surface area contributed by atoms with E-state index in [4.69, 9.17) is 9.47 Å². The first-order valence-corrected chi connectivity index (χ1v) is 6.10. The second kappa shape index (κ2) is 4.72. The Morgan fingerprint density at radius 1 is 1.62 bits per heavy atom. The Balaban J connectivity index is 1.83. The summed E-state index contributed by atoms with van der Waals surface area (Å²) in [5.41, 5.74) is -0.0961. The summed E-state index contributed by atoms with van der Waals surface area (Å²) in [5.74, 6) is 0.335. The summed E-state index contributed by atoms with van der Waals surface area (Å²) in [4.78, 5) is 11.6. The van der Waals surface area contributed by atoms with Gasteiger partial charge in [-0.3, -0.25) is 4.79 Å². The smallest absolute Gasteiger partial charge is 0.323 e. The quantitative estimate of drug-likeness (QED) is 0.714. The molecular formula is C12H21NO3. The van der Waals surface area contributed by atoms with Crippen LogP contribution >= 0.6 is 0 Å². The number of hydrogen-bond donors (Lipinski definition) is 1. The van der Waals surface area contributed by atoms with E-state index >= 15 is 0 Å². The Bertz CT molecular complexity index is 257. The van der Waals surface area contributed by atoms with Gasteiger partial charge in [-0.2, -0.15) is 0 Å². The van der Waals surface area contributed by atoms with E-state index in [2.05, 4.69) is 12.2 Å². The van der Waals surface area contributed by atoms with Gasteiger partial charge >= 0.3 is 5.97 Å². The zero-order valence-corrected chi connectivity index (χ0v) is 10.1. The van der Waals surface area contributed by atoms with E-state index in [1.54, 1.807) is 0 Å². The van der Waals surface area contributed by atoms with Gasteiger partial charge in [0.05, 0.1) is 12.7 Å². The summed E-state index contributed by atoms with van der Waals surface area (Å²) in [6, 6.07) is -0.133. The molecule has 1 aliphatic heterocycles. The molecule has 0 spiro atoms. The van der Waals surface area contributed by atoms with E-state index in [1.165, 1.54) is 7.11 Å². The molecule has 4 nitrogen and oxygen atoms in total. The van der Waals surface area contributed by atoms with Crippen LogP contribution in [0.3, 0.4) is 0 Å². The number of ether oxygens (including phenoxy) is 2. The molecule has 2 atom stereocenters. The number of esters is 1. The molecule has 1 heterocycles. The molecule has 4 heteroatoms. The summed E-state index contributed by atoms with van der Waals surface area (Å²) < 4.78 is 10.5. The molecule has 0 aromatic rings. The fourth-order valence-electron chi connectivity index (χ4n) is 2.30. The van der Waals surface area contributed by atoms with Crippen molar-refractivity contribution in [1.29, 1.82) is 0 Å². The van der Waals surface area contributed by atoms with E-state index < -0.39 is 0 Å². The Morgan fingerprint density at radius 2 is 2.38 bits per heavy atom. The van der Waals surface area contributed by atoms with Crippen molar-refractivity contribution in [3.8, 4) is 0 Å². The lowest BCUT2D eigenvalue weighted by molar-refractivity contribution is -0.144. The molecule has 92 valence electrons. The third-order valence-electron chi connectivity index (χ3n) is 3.54. The normalized spacial score (nSPS) is 31.4. The number of carbonyl (C=O) groups excluding carboxylic acids is 1. The third kappa shape index (κ3) is 2.74. The molecule has 2 rings (SSSR count). The highest BCUT2D eigenvalue weighted by Gasteiger charge is 2.39. The molecule has 16 heavy (non-hydrogen) atoms. The minimum atomic E-state index is -0.135. The van der Waals surface area contributed by atoms with Crippen LogP contribution in [0.4, 0.5) is 0 Å². The van der Waals surface area contributed by atoms with Crippen LogP contribution in [0.5, 0.6) is 0 Å². The molecular weight excluding hydrogens is 206 g/mol. The molecule has 0 radical (unpaired) electrons. The van der Waals surface area contributed by atoms with Crippen molar-refractivity contribution in [3.63, 3.8) is 0 Å². The first-order chi connectivity index (χ1) is 7.64. The van der Waals surface area contributed by atoms with Gasteiger partial charge in [0.15, 0.2) is 0 Å². The summed E-state index contributed by atoms with van der Waals surface area (Å²) in [6.45, 7) is 3.68. The van der Waals surface area contributed by atoms with E-state index in [0.717, 1.165) is 38.8 Å². The number of rotatable bonds is 5. The molecule has 0 amide bonds. The zero-order chi connectivity index (χ0) is 11.6. The molecule has 1 N–H and O–H groups in total. The van der Waals surface area contributed by atoms with Crippen LogP contribution in [0.2, 0.25) is 0 Å². The molecule has 1 saturated heterocycles. The predicted octanol–water partition coefficient (Wildman–Crippen LogP) is 1.10. The molecule has 1 saturated carbocycles. The fourth-order valence-corrected chi connectivity index (χ4v) is 2.30. The molecule has 0 bridgehead atoms. The Morgan fingerprint density at radius 3 is 2.88 bits per heavy atom. The SMILES string of the molecule is COC(=O)C(NCC1(C)CCCO1)C1CC1. The van der Waals surface area contributed by atoms with Crippen molar-refractivity contribution < 1.29 is 14.3 Å². The van der Waals surface area contributed by atoms with Crippen LogP contribution < -0.4 is 5.32 Å². The Kier molecular flexibility index (Phi) is 3.50. The lowest BCUT2D eigenvalue weighted by Gasteiger charge is -2.26. The van der Waals surface area contributed by atoms with Crippen LogP contribution in [-0.4, -0.2) is 37.9 Å². The topological polar surface area (TPSA) is 47.6 Å². The first-order valence-electron chi connectivity index (χ1n) is 6.10.